The highest BCUT2D eigenvalue weighted by molar-refractivity contribution is 5.80. The second-order valence-corrected chi connectivity index (χ2v) is 8.98. The van der Waals surface area contributed by atoms with Crippen LogP contribution in [0.5, 0.6) is 5.75 Å². The lowest BCUT2D eigenvalue weighted by Gasteiger charge is -2.36. The van der Waals surface area contributed by atoms with Gasteiger partial charge < -0.3 is 19.9 Å². The highest BCUT2D eigenvalue weighted by Gasteiger charge is 2.38. The quantitative estimate of drug-likeness (QED) is 0.697. The topological polar surface area (TPSA) is 74.8 Å². The van der Waals surface area contributed by atoms with Gasteiger partial charge in [-0.15, -0.1) is 0 Å². The van der Waals surface area contributed by atoms with Crippen molar-refractivity contribution in [1.82, 2.24) is 15.2 Å². The molecule has 8 heteroatoms. The lowest BCUT2D eigenvalue weighted by Crippen LogP contribution is -2.50. The van der Waals surface area contributed by atoms with Crippen molar-refractivity contribution in [3.05, 3.63) is 53.5 Å². The molecule has 1 N–H and O–H groups in total. The van der Waals surface area contributed by atoms with Crippen molar-refractivity contribution in [3.8, 4) is 5.75 Å². The molecule has 2 aromatic rings. The van der Waals surface area contributed by atoms with Crippen LogP contribution in [0.4, 0.5) is 10.2 Å². The minimum absolute atomic E-state index is 0.00389. The molecule has 1 aromatic carbocycles. The van der Waals surface area contributed by atoms with Gasteiger partial charge in [-0.2, -0.15) is 0 Å². The van der Waals surface area contributed by atoms with Crippen molar-refractivity contribution in [1.29, 1.82) is 0 Å². The number of hydrogen-bond acceptors (Lipinski definition) is 5. The molecule has 0 bridgehead atoms. The normalized spacial score (nSPS) is 20.6. The van der Waals surface area contributed by atoms with Crippen molar-refractivity contribution in [2.45, 2.75) is 44.6 Å². The molecule has 33 heavy (non-hydrogen) atoms. The molecular formula is C25H31FN4O3. The van der Waals surface area contributed by atoms with Gasteiger partial charge in [0.1, 0.15) is 5.82 Å². The van der Waals surface area contributed by atoms with E-state index in [1.54, 1.807) is 12.1 Å². The molecule has 1 aromatic heterocycles. The number of methoxy groups -OCH3 is 1. The first kappa shape index (κ1) is 23.0. The zero-order valence-corrected chi connectivity index (χ0v) is 19.3. The maximum Gasteiger partial charge on any atom is 0.222 e. The van der Waals surface area contributed by atoms with E-state index in [0.717, 1.165) is 30.2 Å². The summed E-state index contributed by atoms with van der Waals surface area (Å²) in [6, 6.07) is 10.7. The monoisotopic (exact) mass is 454 g/mol. The minimum atomic E-state index is -0.497. The number of benzene rings is 1. The van der Waals surface area contributed by atoms with Crippen LogP contribution in [-0.2, 0) is 16.0 Å². The summed E-state index contributed by atoms with van der Waals surface area (Å²) in [7, 11) is 1.43. The average molecular weight is 455 g/mol. The molecule has 2 saturated heterocycles. The van der Waals surface area contributed by atoms with Crippen LogP contribution < -0.4 is 15.0 Å². The van der Waals surface area contributed by atoms with E-state index in [0.29, 0.717) is 45.2 Å². The standard InChI is InChI=1S/C25H31FN4O3/c1-18-4-3-5-22(27-18)29-12-14-30(15-13-29)24(32)9-11-25(10-8-23(31)28-25)17-19-6-7-20(26)21(16-19)33-2/h3-7,16H,8-15,17H2,1-2H3,(H,28,31)/t25-/m0/s1. The first-order valence-electron chi connectivity index (χ1n) is 11.5. The van der Waals surface area contributed by atoms with Gasteiger partial charge in [-0.3, -0.25) is 9.59 Å². The summed E-state index contributed by atoms with van der Waals surface area (Å²) in [5, 5.41) is 3.10. The Morgan fingerprint density at radius 1 is 1.21 bits per heavy atom. The summed E-state index contributed by atoms with van der Waals surface area (Å²) in [5.74, 6) is 0.814. The van der Waals surface area contributed by atoms with Crippen LogP contribution in [0.1, 0.15) is 36.9 Å². The lowest BCUT2D eigenvalue weighted by atomic mass is 9.84. The molecule has 176 valence electrons. The van der Waals surface area contributed by atoms with Crippen molar-refractivity contribution in [3.63, 3.8) is 0 Å². The number of pyridine rings is 1. The fraction of sp³-hybridized carbons (Fsp3) is 0.480. The van der Waals surface area contributed by atoms with Gasteiger partial charge in [0.2, 0.25) is 11.8 Å². The number of nitrogens with zero attached hydrogens (tertiary/aromatic N) is 3. The van der Waals surface area contributed by atoms with Crippen LogP contribution in [0.15, 0.2) is 36.4 Å². The van der Waals surface area contributed by atoms with E-state index < -0.39 is 11.4 Å². The fourth-order valence-electron chi connectivity index (χ4n) is 4.78. The van der Waals surface area contributed by atoms with Crippen molar-refractivity contribution in [2.24, 2.45) is 0 Å². The number of hydrogen-bond donors (Lipinski definition) is 1. The molecule has 0 spiro atoms. The minimum Gasteiger partial charge on any atom is -0.494 e. The van der Waals surface area contributed by atoms with Gasteiger partial charge in [-0.05, 0) is 56.0 Å². The smallest absolute Gasteiger partial charge is 0.222 e. The Hall–Kier alpha value is -3.16. The Labute approximate surface area is 193 Å². The van der Waals surface area contributed by atoms with Crippen molar-refractivity contribution < 1.29 is 18.7 Å². The number of aromatic nitrogens is 1. The van der Waals surface area contributed by atoms with Crippen LogP contribution in [0.3, 0.4) is 0 Å². The number of halogens is 1. The van der Waals surface area contributed by atoms with Crippen LogP contribution in [-0.4, -0.2) is 60.5 Å². The molecule has 0 saturated carbocycles. The van der Waals surface area contributed by atoms with Gasteiger partial charge >= 0.3 is 0 Å². The average Bonchev–Trinajstić information content (AvgIpc) is 3.19. The van der Waals surface area contributed by atoms with Crippen LogP contribution in [0.25, 0.3) is 0 Å². The van der Waals surface area contributed by atoms with Crippen LogP contribution in [0.2, 0.25) is 0 Å². The van der Waals surface area contributed by atoms with E-state index in [9.17, 15) is 14.0 Å². The molecular weight excluding hydrogens is 423 g/mol. The number of nitrogens with one attached hydrogen (secondary N) is 1. The Kier molecular flexibility index (Phi) is 6.81. The van der Waals surface area contributed by atoms with E-state index in [2.05, 4.69) is 15.2 Å². The van der Waals surface area contributed by atoms with E-state index >= 15 is 0 Å². The maximum atomic E-state index is 13.8. The van der Waals surface area contributed by atoms with Gasteiger partial charge in [0, 0.05) is 50.3 Å². The zero-order valence-electron chi connectivity index (χ0n) is 19.3. The summed E-state index contributed by atoms with van der Waals surface area (Å²) in [5.41, 5.74) is 1.36. The molecule has 7 nitrogen and oxygen atoms in total. The third-order valence-electron chi connectivity index (χ3n) is 6.64. The highest BCUT2D eigenvalue weighted by atomic mass is 19.1. The third-order valence-corrected chi connectivity index (χ3v) is 6.64. The van der Waals surface area contributed by atoms with Gasteiger partial charge in [-0.25, -0.2) is 9.37 Å². The molecule has 0 unspecified atom stereocenters. The van der Waals surface area contributed by atoms with Crippen molar-refractivity contribution >= 4 is 17.6 Å². The van der Waals surface area contributed by atoms with Crippen molar-refractivity contribution in [2.75, 3.05) is 38.2 Å². The fourth-order valence-corrected chi connectivity index (χ4v) is 4.78. The maximum absolute atomic E-state index is 13.8. The molecule has 2 amide bonds. The predicted molar refractivity (Wildman–Crippen MR) is 124 cm³/mol. The number of amides is 2. The number of ether oxygens (including phenoxy) is 1. The molecule has 3 heterocycles. The second-order valence-electron chi connectivity index (χ2n) is 8.98. The van der Waals surface area contributed by atoms with Crippen LogP contribution >= 0.6 is 0 Å². The van der Waals surface area contributed by atoms with E-state index in [4.69, 9.17) is 4.74 Å². The number of anilines is 1. The van der Waals surface area contributed by atoms with Gasteiger partial charge in [0.05, 0.1) is 7.11 Å². The summed E-state index contributed by atoms with van der Waals surface area (Å²) in [4.78, 5) is 33.7. The lowest BCUT2D eigenvalue weighted by molar-refractivity contribution is -0.132. The molecule has 2 fully saturated rings. The number of carbonyl (C=O) groups excluding carboxylic acids is 2. The van der Waals surface area contributed by atoms with Gasteiger partial charge in [0.25, 0.3) is 0 Å². The molecule has 2 aliphatic heterocycles. The van der Waals surface area contributed by atoms with Gasteiger partial charge in [0.15, 0.2) is 11.6 Å². The Morgan fingerprint density at radius 2 is 2.00 bits per heavy atom. The molecule has 2 aliphatic rings. The molecule has 1 atom stereocenters. The molecule has 0 aliphatic carbocycles. The number of carbonyl (C=O) groups is 2. The number of piperazine rings is 1. The third kappa shape index (κ3) is 5.43. The Morgan fingerprint density at radius 3 is 2.67 bits per heavy atom. The largest absolute Gasteiger partial charge is 0.494 e. The van der Waals surface area contributed by atoms with Crippen LogP contribution in [0, 0.1) is 12.7 Å². The first-order chi connectivity index (χ1) is 15.9. The molecule has 0 radical (unpaired) electrons. The molecule has 4 rings (SSSR count). The second kappa shape index (κ2) is 9.77. The SMILES string of the molecule is COc1cc(C[C@@]2(CCC(=O)N3CCN(c4cccc(C)n4)CC3)CCC(=O)N2)ccc1F. The highest BCUT2D eigenvalue weighted by Crippen LogP contribution is 2.31. The number of aryl methyl sites for hydroxylation is 1. The zero-order chi connectivity index (χ0) is 23.4. The predicted octanol–water partition coefficient (Wildman–Crippen LogP) is 2.86. The summed E-state index contributed by atoms with van der Waals surface area (Å²) >= 11 is 0. The van der Waals surface area contributed by atoms with E-state index in [1.165, 1.54) is 13.2 Å². The number of rotatable bonds is 7. The van der Waals surface area contributed by atoms with E-state index in [1.807, 2.05) is 30.0 Å². The first-order valence-corrected chi connectivity index (χ1v) is 11.5. The van der Waals surface area contributed by atoms with Gasteiger partial charge in [-0.1, -0.05) is 12.1 Å². The summed E-state index contributed by atoms with van der Waals surface area (Å²) in [6.07, 6.45) is 2.55. The summed E-state index contributed by atoms with van der Waals surface area (Å²) < 4.78 is 18.9. The Bertz CT molecular complexity index is 1020. The Balaban J connectivity index is 1.35. The summed E-state index contributed by atoms with van der Waals surface area (Å²) in [6.45, 7) is 4.79. The van der Waals surface area contributed by atoms with E-state index in [-0.39, 0.29) is 17.6 Å².